The monoisotopic (exact) mass is 345 g/mol. The molecule has 0 N–H and O–H groups in total. The van der Waals surface area contributed by atoms with E-state index in [0.29, 0.717) is 17.2 Å². The summed E-state index contributed by atoms with van der Waals surface area (Å²) in [4.78, 5) is 14.7. The molecule has 6 heteroatoms. The second-order valence-electron chi connectivity index (χ2n) is 6.32. The number of ether oxygens (including phenoxy) is 1. The third-order valence-electron chi connectivity index (χ3n) is 4.79. The van der Waals surface area contributed by atoms with Crippen LogP contribution < -0.4 is 0 Å². The zero-order valence-corrected chi connectivity index (χ0v) is 14.3. The van der Waals surface area contributed by atoms with Crippen LogP contribution in [0.25, 0.3) is 5.69 Å². The van der Waals surface area contributed by atoms with Crippen LogP contribution in [-0.4, -0.2) is 40.3 Å². The minimum Gasteiger partial charge on any atom is -0.375 e. The molecule has 0 unspecified atom stereocenters. The zero-order valence-electron chi connectivity index (χ0n) is 13.5. The van der Waals surface area contributed by atoms with Crippen LogP contribution in [-0.2, 0) is 17.8 Å². The van der Waals surface area contributed by atoms with Gasteiger partial charge < -0.3 is 9.64 Å². The Labute approximate surface area is 146 Å². The minimum atomic E-state index is 0.0128. The number of carbonyl (C=O) groups is 1. The number of piperidine rings is 1. The van der Waals surface area contributed by atoms with Gasteiger partial charge in [-0.15, -0.1) is 0 Å². The number of hydrogen-bond donors (Lipinski definition) is 0. The van der Waals surface area contributed by atoms with Crippen LogP contribution in [0, 0.1) is 0 Å². The average Bonchev–Trinajstić information content (AvgIpc) is 3.06. The molecular formula is C18H20ClN3O2. The van der Waals surface area contributed by atoms with E-state index in [1.165, 1.54) is 12.0 Å². The lowest BCUT2D eigenvalue weighted by Gasteiger charge is -2.27. The van der Waals surface area contributed by atoms with Crippen molar-refractivity contribution >= 4 is 17.5 Å². The van der Waals surface area contributed by atoms with E-state index in [2.05, 4.69) is 5.10 Å². The molecular weight excluding hydrogens is 326 g/mol. The summed E-state index contributed by atoms with van der Waals surface area (Å²) in [5, 5.41) is 4.93. The van der Waals surface area contributed by atoms with E-state index < -0.39 is 0 Å². The van der Waals surface area contributed by atoms with Gasteiger partial charge in [0.15, 0.2) is 0 Å². The van der Waals surface area contributed by atoms with Crippen molar-refractivity contribution in [2.45, 2.75) is 32.3 Å². The van der Waals surface area contributed by atoms with Gasteiger partial charge in [-0.25, -0.2) is 4.68 Å². The lowest BCUT2D eigenvalue weighted by molar-refractivity contribution is 0.0724. The second kappa shape index (κ2) is 6.57. The summed E-state index contributed by atoms with van der Waals surface area (Å²) in [6.45, 7) is 2.87. The maximum absolute atomic E-state index is 12.8. The van der Waals surface area contributed by atoms with Gasteiger partial charge in [-0.2, -0.15) is 5.10 Å². The normalized spacial score (nSPS) is 17.6. The molecule has 1 fully saturated rings. The van der Waals surface area contributed by atoms with Crippen molar-refractivity contribution in [1.29, 1.82) is 0 Å². The van der Waals surface area contributed by atoms with Crippen LogP contribution in [0.3, 0.4) is 0 Å². The fourth-order valence-corrected chi connectivity index (χ4v) is 3.73. The number of amides is 1. The summed E-state index contributed by atoms with van der Waals surface area (Å²) in [7, 11) is 0. The molecule has 0 aliphatic carbocycles. The Morgan fingerprint density at radius 2 is 2.04 bits per heavy atom. The van der Waals surface area contributed by atoms with Gasteiger partial charge in [0.25, 0.3) is 5.91 Å². The predicted octanol–water partition coefficient (Wildman–Crippen LogP) is 3.22. The average molecular weight is 346 g/mol. The Hall–Kier alpha value is -1.85. The summed E-state index contributed by atoms with van der Waals surface area (Å²) in [6.07, 6.45) is 6.05. The molecule has 0 radical (unpaired) electrons. The van der Waals surface area contributed by atoms with E-state index in [9.17, 15) is 4.79 Å². The first-order valence-corrected chi connectivity index (χ1v) is 8.85. The molecule has 1 saturated heterocycles. The molecule has 1 amide bonds. The number of nitrogens with zero attached hydrogens (tertiary/aromatic N) is 3. The van der Waals surface area contributed by atoms with Crippen LogP contribution in [0.15, 0.2) is 24.4 Å². The highest BCUT2D eigenvalue weighted by atomic mass is 35.5. The van der Waals surface area contributed by atoms with E-state index in [1.54, 1.807) is 6.07 Å². The standard InChI is InChI=1S/C18H20ClN3O2/c19-17-14(18(23)21-8-2-1-3-9-21)5-4-6-15(17)22-16-12-24-10-7-13(16)11-20-22/h4-6,11H,1-3,7-10,12H2. The Morgan fingerprint density at radius 3 is 2.88 bits per heavy atom. The summed E-state index contributed by atoms with van der Waals surface area (Å²) >= 11 is 6.61. The van der Waals surface area contributed by atoms with Gasteiger partial charge >= 0.3 is 0 Å². The molecule has 2 aliphatic heterocycles. The molecule has 2 aliphatic rings. The molecule has 2 aromatic rings. The number of carbonyl (C=O) groups excluding carboxylic acids is 1. The number of hydrogen-bond acceptors (Lipinski definition) is 3. The quantitative estimate of drug-likeness (QED) is 0.839. The fourth-order valence-electron chi connectivity index (χ4n) is 3.44. The molecule has 126 valence electrons. The molecule has 0 atom stereocenters. The third kappa shape index (κ3) is 2.72. The first kappa shape index (κ1) is 15.7. The lowest BCUT2D eigenvalue weighted by Crippen LogP contribution is -2.35. The number of benzene rings is 1. The molecule has 0 saturated carbocycles. The Balaban J connectivity index is 1.70. The van der Waals surface area contributed by atoms with Crippen LogP contribution in [0.4, 0.5) is 0 Å². The van der Waals surface area contributed by atoms with Gasteiger partial charge in [0.1, 0.15) is 0 Å². The number of aromatic nitrogens is 2. The van der Waals surface area contributed by atoms with Crippen molar-refractivity contribution in [1.82, 2.24) is 14.7 Å². The summed E-state index contributed by atoms with van der Waals surface area (Å²) in [5.41, 5.74) is 3.50. The smallest absolute Gasteiger partial charge is 0.255 e. The largest absolute Gasteiger partial charge is 0.375 e. The van der Waals surface area contributed by atoms with Crippen molar-refractivity contribution in [2.75, 3.05) is 19.7 Å². The number of likely N-dealkylation sites (tertiary alicyclic amines) is 1. The lowest BCUT2D eigenvalue weighted by atomic mass is 10.1. The van der Waals surface area contributed by atoms with E-state index >= 15 is 0 Å². The van der Waals surface area contributed by atoms with Crippen LogP contribution in [0.5, 0.6) is 0 Å². The maximum atomic E-state index is 12.8. The Bertz CT molecular complexity index is 766. The third-order valence-corrected chi connectivity index (χ3v) is 5.19. The number of fused-ring (bicyclic) bond motifs is 1. The summed E-state index contributed by atoms with van der Waals surface area (Å²) in [6, 6.07) is 5.57. The highest BCUT2D eigenvalue weighted by Crippen LogP contribution is 2.29. The van der Waals surface area contributed by atoms with Crippen molar-refractivity contribution in [3.63, 3.8) is 0 Å². The summed E-state index contributed by atoms with van der Waals surface area (Å²) in [5.74, 6) is 0.0128. The van der Waals surface area contributed by atoms with Crippen LogP contribution in [0.1, 0.15) is 40.9 Å². The van der Waals surface area contributed by atoms with Crippen molar-refractivity contribution in [3.05, 3.63) is 46.2 Å². The SMILES string of the molecule is O=C(c1cccc(-n2ncc3c2COCC3)c1Cl)N1CCCCC1. The highest BCUT2D eigenvalue weighted by molar-refractivity contribution is 6.35. The van der Waals surface area contributed by atoms with Gasteiger partial charge in [-0.3, -0.25) is 4.79 Å². The van der Waals surface area contributed by atoms with Crippen molar-refractivity contribution in [2.24, 2.45) is 0 Å². The molecule has 0 bridgehead atoms. The zero-order chi connectivity index (χ0) is 16.5. The Morgan fingerprint density at radius 1 is 1.21 bits per heavy atom. The fraction of sp³-hybridized carbons (Fsp3) is 0.444. The Kier molecular flexibility index (Phi) is 4.29. The van der Waals surface area contributed by atoms with E-state index in [1.807, 2.05) is 27.9 Å². The van der Waals surface area contributed by atoms with Gasteiger partial charge in [-0.05, 0) is 43.4 Å². The van der Waals surface area contributed by atoms with E-state index in [-0.39, 0.29) is 5.91 Å². The number of halogens is 1. The van der Waals surface area contributed by atoms with Gasteiger partial charge in [0.2, 0.25) is 0 Å². The van der Waals surface area contributed by atoms with Crippen LogP contribution in [0.2, 0.25) is 5.02 Å². The van der Waals surface area contributed by atoms with Gasteiger partial charge in [-0.1, -0.05) is 17.7 Å². The van der Waals surface area contributed by atoms with Gasteiger partial charge in [0, 0.05) is 13.1 Å². The predicted molar refractivity (Wildman–Crippen MR) is 91.7 cm³/mol. The molecule has 3 heterocycles. The maximum Gasteiger partial charge on any atom is 0.255 e. The second-order valence-corrected chi connectivity index (χ2v) is 6.70. The van der Waals surface area contributed by atoms with E-state index in [4.69, 9.17) is 16.3 Å². The first-order valence-electron chi connectivity index (χ1n) is 8.47. The molecule has 0 spiro atoms. The minimum absolute atomic E-state index is 0.0128. The highest BCUT2D eigenvalue weighted by Gasteiger charge is 2.24. The van der Waals surface area contributed by atoms with E-state index in [0.717, 1.165) is 50.3 Å². The molecule has 1 aromatic carbocycles. The van der Waals surface area contributed by atoms with Crippen molar-refractivity contribution < 1.29 is 9.53 Å². The van der Waals surface area contributed by atoms with Crippen molar-refractivity contribution in [3.8, 4) is 5.69 Å². The molecule has 4 rings (SSSR count). The molecule has 1 aromatic heterocycles. The number of rotatable bonds is 2. The summed E-state index contributed by atoms with van der Waals surface area (Å²) < 4.78 is 7.36. The molecule has 24 heavy (non-hydrogen) atoms. The van der Waals surface area contributed by atoms with Crippen LogP contribution >= 0.6 is 11.6 Å². The first-order chi connectivity index (χ1) is 11.8. The molecule has 5 nitrogen and oxygen atoms in total. The van der Waals surface area contributed by atoms with Gasteiger partial charge in [0.05, 0.1) is 41.4 Å². The topological polar surface area (TPSA) is 47.4 Å².